The highest BCUT2D eigenvalue weighted by Crippen LogP contribution is 2.11. The number of hydrogen-bond acceptors (Lipinski definition) is 2. The van der Waals surface area contributed by atoms with Gasteiger partial charge in [-0.25, -0.2) is 8.78 Å². The van der Waals surface area contributed by atoms with E-state index in [1.807, 2.05) is 0 Å². The van der Waals surface area contributed by atoms with Gasteiger partial charge in [0, 0.05) is 25.7 Å². The van der Waals surface area contributed by atoms with Crippen LogP contribution in [0.1, 0.15) is 12.0 Å². The Kier molecular flexibility index (Phi) is 4.45. The molecule has 0 aromatic heterocycles. The number of halogens is 2. The molecule has 4 heteroatoms. The summed E-state index contributed by atoms with van der Waals surface area (Å²) < 4.78 is 26.2. The highest BCUT2D eigenvalue weighted by atomic mass is 19.1. The number of rotatable bonds is 3. The Hall–Kier alpha value is -1.00. The first-order valence-corrected chi connectivity index (χ1v) is 6.13. The van der Waals surface area contributed by atoms with E-state index in [4.69, 9.17) is 0 Å². The second kappa shape index (κ2) is 6.07. The minimum absolute atomic E-state index is 0.432. The van der Waals surface area contributed by atoms with Crippen LogP contribution in [0.3, 0.4) is 0 Å². The van der Waals surface area contributed by atoms with E-state index in [1.165, 1.54) is 6.07 Å². The van der Waals surface area contributed by atoms with Crippen molar-refractivity contribution in [2.24, 2.45) is 0 Å². The maximum absolute atomic E-state index is 13.4. The third-order valence-electron chi connectivity index (χ3n) is 3.15. The van der Waals surface area contributed by atoms with E-state index in [0.29, 0.717) is 12.0 Å². The van der Waals surface area contributed by atoms with Gasteiger partial charge in [-0.05, 0) is 37.6 Å². The molecule has 17 heavy (non-hydrogen) atoms. The minimum Gasteiger partial charge on any atom is -0.315 e. The first-order valence-electron chi connectivity index (χ1n) is 6.13. The van der Waals surface area contributed by atoms with E-state index >= 15 is 0 Å². The molecule has 0 bridgehead atoms. The summed E-state index contributed by atoms with van der Waals surface area (Å²) in [6.07, 6.45) is 1.78. The zero-order valence-corrected chi connectivity index (χ0v) is 9.88. The first-order chi connectivity index (χ1) is 8.25. The Morgan fingerprint density at radius 3 is 2.88 bits per heavy atom. The van der Waals surface area contributed by atoms with Crippen molar-refractivity contribution in [1.29, 1.82) is 0 Å². The van der Waals surface area contributed by atoms with Crippen LogP contribution in [0.25, 0.3) is 0 Å². The van der Waals surface area contributed by atoms with Gasteiger partial charge >= 0.3 is 0 Å². The van der Waals surface area contributed by atoms with Crippen molar-refractivity contribution in [3.8, 4) is 0 Å². The summed E-state index contributed by atoms with van der Waals surface area (Å²) in [7, 11) is 0. The Bertz CT molecular complexity index is 360. The molecule has 2 nitrogen and oxygen atoms in total. The molecule has 0 unspecified atom stereocenters. The van der Waals surface area contributed by atoms with Gasteiger partial charge < -0.3 is 10.2 Å². The molecule has 1 aliphatic rings. The second-order valence-electron chi connectivity index (χ2n) is 4.43. The molecule has 1 aromatic rings. The second-order valence-corrected chi connectivity index (χ2v) is 4.43. The van der Waals surface area contributed by atoms with Gasteiger partial charge in [-0.1, -0.05) is 6.07 Å². The van der Waals surface area contributed by atoms with E-state index in [2.05, 4.69) is 10.2 Å². The van der Waals surface area contributed by atoms with Gasteiger partial charge in [-0.2, -0.15) is 0 Å². The van der Waals surface area contributed by atoms with Crippen molar-refractivity contribution in [2.45, 2.75) is 12.8 Å². The third-order valence-corrected chi connectivity index (χ3v) is 3.15. The summed E-state index contributed by atoms with van der Waals surface area (Å²) in [5.74, 6) is -0.942. The van der Waals surface area contributed by atoms with Gasteiger partial charge in [0.05, 0.1) is 0 Å². The smallest absolute Gasteiger partial charge is 0.129 e. The van der Waals surface area contributed by atoms with Crippen LogP contribution in [0.2, 0.25) is 0 Å². The molecule has 1 aliphatic heterocycles. The molecule has 2 rings (SSSR count). The maximum Gasteiger partial charge on any atom is 0.129 e. The summed E-state index contributed by atoms with van der Waals surface area (Å²) in [6.45, 7) is 4.94. The lowest BCUT2D eigenvalue weighted by atomic mass is 10.1. The summed E-state index contributed by atoms with van der Waals surface area (Å²) in [5.41, 5.74) is 0.601. The highest BCUT2D eigenvalue weighted by Gasteiger charge is 2.10. The number of hydrogen-bond donors (Lipinski definition) is 1. The number of benzene rings is 1. The highest BCUT2D eigenvalue weighted by molar-refractivity contribution is 5.18. The molecule has 0 atom stereocenters. The molecule has 1 N–H and O–H groups in total. The Morgan fingerprint density at radius 1 is 1.18 bits per heavy atom. The lowest BCUT2D eigenvalue weighted by molar-refractivity contribution is 0.295. The summed E-state index contributed by atoms with van der Waals surface area (Å²) in [6, 6.07) is 3.82. The van der Waals surface area contributed by atoms with Gasteiger partial charge in [-0.15, -0.1) is 0 Å². The SMILES string of the molecule is Fc1ccc(CCN2CCCNCC2)c(F)c1. The Balaban J connectivity index is 1.88. The van der Waals surface area contributed by atoms with Crippen LogP contribution < -0.4 is 5.32 Å². The number of nitrogens with one attached hydrogen (secondary N) is 1. The normalized spacial score (nSPS) is 18.0. The molecule has 1 heterocycles. The largest absolute Gasteiger partial charge is 0.315 e. The van der Waals surface area contributed by atoms with Crippen LogP contribution in [0.15, 0.2) is 18.2 Å². The molecule has 0 saturated carbocycles. The fourth-order valence-corrected chi connectivity index (χ4v) is 2.13. The first kappa shape index (κ1) is 12.5. The van der Waals surface area contributed by atoms with Crippen LogP contribution in [-0.2, 0) is 6.42 Å². The molecule has 0 aliphatic carbocycles. The standard InChI is InChI=1S/C13H18F2N2/c14-12-3-2-11(13(15)10-12)4-8-17-7-1-5-16-6-9-17/h2-3,10,16H,1,4-9H2. The topological polar surface area (TPSA) is 15.3 Å². The van der Waals surface area contributed by atoms with Crippen LogP contribution in [-0.4, -0.2) is 37.6 Å². The maximum atomic E-state index is 13.4. The van der Waals surface area contributed by atoms with E-state index in [0.717, 1.165) is 45.2 Å². The van der Waals surface area contributed by atoms with E-state index < -0.39 is 11.6 Å². The van der Waals surface area contributed by atoms with Crippen molar-refractivity contribution >= 4 is 0 Å². The van der Waals surface area contributed by atoms with Gasteiger partial charge in [0.25, 0.3) is 0 Å². The minimum atomic E-state index is -0.509. The third kappa shape index (κ3) is 3.75. The zero-order chi connectivity index (χ0) is 12.1. The molecule has 94 valence electrons. The summed E-state index contributed by atoms with van der Waals surface area (Å²) in [4.78, 5) is 2.32. The zero-order valence-electron chi connectivity index (χ0n) is 9.88. The van der Waals surface area contributed by atoms with Crippen molar-refractivity contribution in [3.63, 3.8) is 0 Å². The Morgan fingerprint density at radius 2 is 2.06 bits per heavy atom. The van der Waals surface area contributed by atoms with E-state index in [1.54, 1.807) is 6.07 Å². The molecule has 0 radical (unpaired) electrons. The fourth-order valence-electron chi connectivity index (χ4n) is 2.13. The summed E-state index contributed by atoms with van der Waals surface area (Å²) in [5, 5.41) is 3.33. The average Bonchev–Trinajstić information content (AvgIpc) is 2.56. The van der Waals surface area contributed by atoms with Gasteiger partial charge in [0.1, 0.15) is 11.6 Å². The van der Waals surface area contributed by atoms with Crippen LogP contribution in [0, 0.1) is 11.6 Å². The van der Waals surface area contributed by atoms with Crippen molar-refractivity contribution in [2.75, 3.05) is 32.7 Å². The van der Waals surface area contributed by atoms with Gasteiger partial charge in [-0.3, -0.25) is 0 Å². The van der Waals surface area contributed by atoms with Crippen LogP contribution >= 0.6 is 0 Å². The molecule has 0 amide bonds. The molecule has 0 spiro atoms. The quantitative estimate of drug-likeness (QED) is 0.866. The number of nitrogens with zero attached hydrogens (tertiary/aromatic N) is 1. The molecule has 1 saturated heterocycles. The average molecular weight is 240 g/mol. The monoisotopic (exact) mass is 240 g/mol. The molecule has 1 aromatic carbocycles. The van der Waals surface area contributed by atoms with Gasteiger partial charge in [0.2, 0.25) is 0 Å². The lowest BCUT2D eigenvalue weighted by Gasteiger charge is -2.19. The summed E-state index contributed by atoms with van der Waals surface area (Å²) >= 11 is 0. The van der Waals surface area contributed by atoms with E-state index in [9.17, 15) is 8.78 Å². The molecular formula is C13H18F2N2. The lowest BCUT2D eigenvalue weighted by Crippen LogP contribution is -2.30. The van der Waals surface area contributed by atoms with Crippen molar-refractivity contribution in [1.82, 2.24) is 10.2 Å². The van der Waals surface area contributed by atoms with Crippen LogP contribution in [0.4, 0.5) is 8.78 Å². The van der Waals surface area contributed by atoms with E-state index in [-0.39, 0.29) is 0 Å². The Labute approximate surface area is 101 Å². The molecule has 1 fully saturated rings. The predicted octanol–water partition coefficient (Wildman–Crippen LogP) is 1.80. The van der Waals surface area contributed by atoms with Crippen molar-refractivity contribution < 1.29 is 8.78 Å². The molecular weight excluding hydrogens is 222 g/mol. The van der Waals surface area contributed by atoms with Crippen LogP contribution in [0.5, 0.6) is 0 Å². The fraction of sp³-hybridized carbons (Fsp3) is 0.538. The van der Waals surface area contributed by atoms with Gasteiger partial charge in [0.15, 0.2) is 0 Å². The van der Waals surface area contributed by atoms with Crippen molar-refractivity contribution in [3.05, 3.63) is 35.4 Å². The predicted molar refractivity (Wildman–Crippen MR) is 64.0 cm³/mol.